The van der Waals surface area contributed by atoms with E-state index < -0.39 is 12.2 Å². The molecule has 0 heterocycles. The Balaban J connectivity index is 2.03. The Morgan fingerprint density at radius 1 is 0.724 bits per heavy atom. The number of aliphatic hydroxyl groups is 3. The zero-order valence-corrected chi connectivity index (χ0v) is 18.1. The maximum atomic E-state index is 10.1. The Kier molecular flexibility index (Phi) is 7.69. The summed E-state index contributed by atoms with van der Waals surface area (Å²) < 4.78 is 11.2. The fourth-order valence-electron chi connectivity index (χ4n) is 2.77. The van der Waals surface area contributed by atoms with Gasteiger partial charge in [0.05, 0.1) is 12.7 Å². The highest BCUT2D eigenvalue weighted by Crippen LogP contribution is 2.33. The number of benzene rings is 2. The smallest absolute Gasteiger partial charge is 0.119 e. The Morgan fingerprint density at radius 2 is 1.14 bits per heavy atom. The molecule has 0 amide bonds. The average Bonchev–Trinajstić information content (AvgIpc) is 2.70. The van der Waals surface area contributed by atoms with Crippen LogP contribution >= 0.6 is 0 Å². The van der Waals surface area contributed by atoms with Crippen LogP contribution in [0.1, 0.15) is 45.7 Å². The molecule has 3 N–H and O–H groups in total. The van der Waals surface area contributed by atoms with Crippen LogP contribution < -0.4 is 9.47 Å². The SMILES string of the molecule is CC(C)(c1ccc(OC[C@@H](O)CO)cc1)c1ccc(OC[C@H](O)C(C)(C)C)cc1. The summed E-state index contributed by atoms with van der Waals surface area (Å²) in [6.07, 6.45) is -1.41. The highest BCUT2D eigenvalue weighted by Gasteiger charge is 2.24. The van der Waals surface area contributed by atoms with Crippen LogP contribution in [0.2, 0.25) is 0 Å². The number of hydrogen-bond acceptors (Lipinski definition) is 5. The average molecular weight is 403 g/mol. The molecule has 0 aliphatic rings. The Labute approximate surface area is 173 Å². The molecule has 0 bridgehead atoms. The van der Waals surface area contributed by atoms with Crippen molar-refractivity contribution in [2.24, 2.45) is 5.41 Å². The van der Waals surface area contributed by atoms with Gasteiger partial charge in [-0.05, 0) is 40.8 Å². The van der Waals surface area contributed by atoms with Crippen LogP contribution in [0.15, 0.2) is 48.5 Å². The first kappa shape index (κ1) is 23.2. The van der Waals surface area contributed by atoms with Crippen LogP contribution in [-0.4, -0.2) is 47.3 Å². The molecule has 0 unspecified atom stereocenters. The topological polar surface area (TPSA) is 79.2 Å². The van der Waals surface area contributed by atoms with E-state index in [1.165, 1.54) is 0 Å². The summed E-state index contributed by atoms with van der Waals surface area (Å²) >= 11 is 0. The first-order chi connectivity index (χ1) is 13.5. The number of hydrogen-bond donors (Lipinski definition) is 3. The van der Waals surface area contributed by atoms with Gasteiger partial charge in [-0.25, -0.2) is 0 Å². The van der Waals surface area contributed by atoms with E-state index in [1.807, 2.05) is 69.3 Å². The summed E-state index contributed by atoms with van der Waals surface area (Å²) in [5, 5.41) is 28.4. The molecule has 0 spiro atoms. The zero-order valence-electron chi connectivity index (χ0n) is 18.1. The van der Waals surface area contributed by atoms with E-state index in [-0.39, 0.29) is 30.7 Å². The van der Waals surface area contributed by atoms with E-state index in [0.29, 0.717) is 5.75 Å². The highest BCUT2D eigenvalue weighted by atomic mass is 16.5. The van der Waals surface area contributed by atoms with Crippen molar-refractivity contribution < 1.29 is 24.8 Å². The van der Waals surface area contributed by atoms with E-state index in [4.69, 9.17) is 14.6 Å². The molecule has 160 valence electrons. The largest absolute Gasteiger partial charge is 0.491 e. The number of aliphatic hydroxyl groups excluding tert-OH is 3. The molecule has 0 aliphatic carbocycles. The molecular formula is C24H34O5. The molecule has 0 saturated heterocycles. The van der Waals surface area contributed by atoms with Crippen molar-refractivity contribution in [3.8, 4) is 11.5 Å². The van der Waals surface area contributed by atoms with Crippen LogP contribution in [0.4, 0.5) is 0 Å². The van der Waals surface area contributed by atoms with E-state index in [2.05, 4.69) is 13.8 Å². The second-order valence-corrected chi connectivity index (χ2v) is 9.01. The lowest BCUT2D eigenvalue weighted by atomic mass is 9.78. The van der Waals surface area contributed by atoms with Crippen LogP contribution in [0, 0.1) is 5.41 Å². The lowest BCUT2D eigenvalue weighted by Gasteiger charge is -2.27. The molecule has 29 heavy (non-hydrogen) atoms. The summed E-state index contributed by atoms with van der Waals surface area (Å²) in [6, 6.07) is 15.7. The first-order valence-corrected chi connectivity index (χ1v) is 9.97. The van der Waals surface area contributed by atoms with Gasteiger partial charge >= 0.3 is 0 Å². The Hall–Kier alpha value is -2.08. The molecule has 5 heteroatoms. The molecule has 0 fully saturated rings. The fraction of sp³-hybridized carbons (Fsp3) is 0.500. The molecule has 0 aliphatic heterocycles. The van der Waals surface area contributed by atoms with Crippen molar-refractivity contribution in [1.82, 2.24) is 0 Å². The molecule has 0 radical (unpaired) electrons. The van der Waals surface area contributed by atoms with E-state index in [9.17, 15) is 10.2 Å². The molecule has 2 atom stereocenters. The molecule has 0 aromatic heterocycles. The third kappa shape index (κ3) is 6.46. The predicted octanol–water partition coefficient (Wildman–Crippen LogP) is 3.53. The van der Waals surface area contributed by atoms with Gasteiger partial charge in [-0.3, -0.25) is 0 Å². The van der Waals surface area contributed by atoms with Gasteiger partial charge in [0, 0.05) is 5.41 Å². The van der Waals surface area contributed by atoms with Crippen LogP contribution in [0.3, 0.4) is 0 Å². The maximum absolute atomic E-state index is 10.1. The van der Waals surface area contributed by atoms with Crippen molar-refractivity contribution >= 4 is 0 Å². The minimum Gasteiger partial charge on any atom is -0.491 e. The minimum absolute atomic E-state index is 0.0601. The molecule has 2 aromatic carbocycles. The van der Waals surface area contributed by atoms with E-state index in [1.54, 1.807) is 0 Å². The van der Waals surface area contributed by atoms with Crippen molar-refractivity contribution in [3.05, 3.63) is 59.7 Å². The summed E-state index contributed by atoms with van der Waals surface area (Å²) in [5.41, 5.74) is 1.84. The van der Waals surface area contributed by atoms with Crippen molar-refractivity contribution in [2.45, 2.75) is 52.2 Å². The third-order valence-electron chi connectivity index (χ3n) is 5.21. The van der Waals surface area contributed by atoms with Gasteiger partial charge in [0.15, 0.2) is 0 Å². The maximum Gasteiger partial charge on any atom is 0.119 e. The van der Waals surface area contributed by atoms with Crippen LogP contribution in [-0.2, 0) is 5.41 Å². The van der Waals surface area contributed by atoms with Gasteiger partial charge in [-0.15, -0.1) is 0 Å². The summed E-state index contributed by atoms with van der Waals surface area (Å²) in [6.45, 7) is 10.3. The minimum atomic E-state index is -0.878. The van der Waals surface area contributed by atoms with Crippen LogP contribution in [0.5, 0.6) is 11.5 Å². The van der Waals surface area contributed by atoms with Crippen molar-refractivity contribution in [2.75, 3.05) is 19.8 Å². The van der Waals surface area contributed by atoms with Gasteiger partial charge in [0.2, 0.25) is 0 Å². The van der Waals surface area contributed by atoms with Gasteiger partial charge in [0.25, 0.3) is 0 Å². The first-order valence-electron chi connectivity index (χ1n) is 9.97. The fourth-order valence-corrected chi connectivity index (χ4v) is 2.77. The second-order valence-electron chi connectivity index (χ2n) is 9.01. The van der Waals surface area contributed by atoms with Crippen LogP contribution in [0.25, 0.3) is 0 Å². The van der Waals surface area contributed by atoms with Crippen molar-refractivity contribution in [3.63, 3.8) is 0 Å². The Morgan fingerprint density at radius 3 is 1.52 bits per heavy atom. The van der Waals surface area contributed by atoms with Gasteiger partial charge in [-0.2, -0.15) is 0 Å². The normalized spacial score (nSPS) is 14.3. The van der Waals surface area contributed by atoms with Crippen molar-refractivity contribution in [1.29, 1.82) is 0 Å². The lowest BCUT2D eigenvalue weighted by Crippen LogP contribution is -2.31. The van der Waals surface area contributed by atoms with Gasteiger partial charge in [-0.1, -0.05) is 58.9 Å². The van der Waals surface area contributed by atoms with Gasteiger partial charge in [0.1, 0.15) is 30.8 Å². The highest BCUT2D eigenvalue weighted by molar-refractivity contribution is 5.41. The molecule has 2 rings (SSSR count). The quantitative estimate of drug-likeness (QED) is 0.598. The van der Waals surface area contributed by atoms with E-state index in [0.717, 1.165) is 16.9 Å². The molecule has 2 aromatic rings. The number of rotatable bonds is 9. The summed E-state index contributed by atoms with van der Waals surface area (Å²) in [7, 11) is 0. The predicted molar refractivity (Wildman–Crippen MR) is 115 cm³/mol. The summed E-state index contributed by atoms with van der Waals surface area (Å²) in [4.78, 5) is 0. The van der Waals surface area contributed by atoms with Gasteiger partial charge < -0.3 is 24.8 Å². The van der Waals surface area contributed by atoms with E-state index >= 15 is 0 Å². The second kappa shape index (κ2) is 9.61. The lowest BCUT2D eigenvalue weighted by molar-refractivity contribution is 0.0218. The monoisotopic (exact) mass is 402 g/mol. The third-order valence-corrected chi connectivity index (χ3v) is 5.21. The molecular weight excluding hydrogens is 368 g/mol. The zero-order chi connectivity index (χ0) is 21.7. The number of ether oxygens (including phenoxy) is 2. The summed E-state index contributed by atoms with van der Waals surface area (Å²) in [5.74, 6) is 1.39. The molecule has 5 nitrogen and oxygen atoms in total. The molecule has 0 saturated carbocycles. The standard InChI is InChI=1S/C24H34O5/c1-23(2,3)22(27)16-29-21-12-8-18(9-13-21)24(4,5)17-6-10-20(11-7-17)28-15-19(26)14-25/h6-13,19,22,25-27H,14-16H2,1-5H3/t19-,22-/m0/s1. The Bertz CT molecular complexity index is 744.